The van der Waals surface area contributed by atoms with Gasteiger partial charge < -0.3 is 13.9 Å². The highest BCUT2D eigenvalue weighted by atomic mass is 28.4. The topological polar surface area (TPSA) is 44.8 Å². The van der Waals surface area contributed by atoms with Crippen LogP contribution in [0.2, 0.25) is 18.1 Å². The predicted octanol–water partition coefficient (Wildman–Crippen LogP) is 3.87. The molecule has 0 spiro atoms. The molecular formula is C15H24O4Si. The van der Waals surface area contributed by atoms with Gasteiger partial charge in [0.05, 0.1) is 5.56 Å². The number of ether oxygens (including phenoxy) is 2. The van der Waals surface area contributed by atoms with E-state index in [0.29, 0.717) is 17.1 Å². The molecule has 0 radical (unpaired) electrons. The summed E-state index contributed by atoms with van der Waals surface area (Å²) in [6, 6.07) is 5.20. The fourth-order valence-electron chi connectivity index (χ4n) is 1.35. The molecule has 1 aromatic carbocycles. The number of rotatable bonds is 6. The fraction of sp³-hybridized carbons (Fsp3) is 0.533. The van der Waals surface area contributed by atoms with E-state index in [1.54, 1.807) is 25.3 Å². The van der Waals surface area contributed by atoms with Crippen molar-refractivity contribution in [1.29, 1.82) is 0 Å². The van der Waals surface area contributed by atoms with Crippen LogP contribution in [0.1, 0.15) is 31.1 Å². The number of carbonyl (C=O) groups is 1. The van der Waals surface area contributed by atoms with Gasteiger partial charge in [0.2, 0.25) is 0 Å². The zero-order valence-electron chi connectivity index (χ0n) is 13.1. The van der Waals surface area contributed by atoms with Crippen LogP contribution in [0.4, 0.5) is 0 Å². The van der Waals surface area contributed by atoms with Crippen molar-refractivity contribution in [3.05, 3.63) is 23.8 Å². The summed E-state index contributed by atoms with van der Waals surface area (Å²) in [5.74, 6) is 1.21. The molecule has 0 unspecified atom stereocenters. The van der Waals surface area contributed by atoms with E-state index in [2.05, 4.69) is 33.9 Å². The van der Waals surface area contributed by atoms with Crippen molar-refractivity contribution in [2.75, 3.05) is 13.9 Å². The van der Waals surface area contributed by atoms with Crippen molar-refractivity contribution in [2.24, 2.45) is 0 Å². The van der Waals surface area contributed by atoms with Gasteiger partial charge in [0.15, 0.2) is 13.1 Å². The average molecular weight is 296 g/mol. The van der Waals surface area contributed by atoms with Crippen molar-refractivity contribution in [1.82, 2.24) is 0 Å². The third-order valence-corrected chi connectivity index (χ3v) is 7.97. The SMILES string of the molecule is COCOc1ccc(C=O)c(O[Si](C)(C)C(C)(C)C)c1. The highest BCUT2D eigenvalue weighted by Gasteiger charge is 2.39. The first-order chi connectivity index (χ1) is 9.21. The number of methoxy groups -OCH3 is 1. The summed E-state index contributed by atoms with van der Waals surface area (Å²) in [6.07, 6.45) is 0.808. The quantitative estimate of drug-likeness (QED) is 0.454. The van der Waals surface area contributed by atoms with Crippen molar-refractivity contribution in [3.63, 3.8) is 0 Å². The number of benzene rings is 1. The van der Waals surface area contributed by atoms with E-state index in [9.17, 15) is 4.79 Å². The minimum atomic E-state index is -1.99. The van der Waals surface area contributed by atoms with E-state index in [1.165, 1.54) is 0 Å². The molecule has 1 rings (SSSR count). The van der Waals surface area contributed by atoms with Crippen LogP contribution >= 0.6 is 0 Å². The number of hydrogen-bond acceptors (Lipinski definition) is 4. The minimum Gasteiger partial charge on any atom is -0.543 e. The summed E-state index contributed by atoms with van der Waals surface area (Å²) in [6.45, 7) is 10.9. The largest absolute Gasteiger partial charge is 0.543 e. The van der Waals surface area contributed by atoms with Gasteiger partial charge in [-0.15, -0.1) is 0 Å². The Morgan fingerprint density at radius 3 is 2.40 bits per heavy atom. The lowest BCUT2D eigenvalue weighted by Crippen LogP contribution is -2.44. The van der Waals surface area contributed by atoms with Crippen LogP contribution in [0.25, 0.3) is 0 Å². The molecule has 0 bridgehead atoms. The molecule has 0 aromatic heterocycles. The van der Waals surface area contributed by atoms with Gasteiger partial charge in [-0.25, -0.2) is 0 Å². The molecule has 5 heteroatoms. The highest BCUT2D eigenvalue weighted by molar-refractivity contribution is 6.74. The van der Waals surface area contributed by atoms with Crippen molar-refractivity contribution in [3.8, 4) is 11.5 Å². The lowest BCUT2D eigenvalue weighted by atomic mass is 10.2. The molecule has 112 valence electrons. The molecule has 1 aromatic rings. The second kappa shape index (κ2) is 6.41. The normalized spacial score (nSPS) is 12.1. The molecular weight excluding hydrogens is 272 g/mol. The standard InChI is InChI=1S/C15H24O4Si/c1-15(2,3)20(5,6)19-14-9-13(18-11-17-4)8-7-12(14)10-16/h7-10H,11H2,1-6H3. The van der Waals surface area contributed by atoms with Crippen molar-refractivity contribution < 1.29 is 18.7 Å². The summed E-state index contributed by atoms with van der Waals surface area (Å²) in [5, 5.41) is 0.0660. The summed E-state index contributed by atoms with van der Waals surface area (Å²) in [5.41, 5.74) is 0.541. The van der Waals surface area contributed by atoms with E-state index in [4.69, 9.17) is 13.9 Å². The van der Waals surface area contributed by atoms with Gasteiger partial charge in [-0.05, 0) is 30.3 Å². The van der Waals surface area contributed by atoms with E-state index in [-0.39, 0.29) is 11.8 Å². The molecule has 0 amide bonds. The van der Waals surface area contributed by atoms with Gasteiger partial charge in [0.1, 0.15) is 11.5 Å². The van der Waals surface area contributed by atoms with Crippen molar-refractivity contribution >= 4 is 14.6 Å². The van der Waals surface area contributed by atoms with Gasteiger partial charge in [-0.2, -0.15) is 0 Å². The first-order valence-electron chi connectivity index (χ1n) is 6.61. The maximum Gasteiger partial charge on any atom is 0.250 e. The molecule has 0 saturated carbocycles. The highest BCUT2D eigenvalue weighted by Crippen LogP contribution is 2.38. The summed E-state index contributed by atoms with van der Waals surface area (Å²) >= 11 is 0. The second-order valence-electron chi connectivity index (χ2n) is 6.23. The second-order valence-corrected chi connectivity index (χ2v) is 11.0. The monoisotopic (exact) mass is 296 g/mol. The molecule has 0 aliphatic carbocycles. The Labute approximate surface area is 122 Å². The zero-order valence-corrected chi connectivity index (χ0v) is 14.1. The zero-order chi connectivity index (χ0) is 15.4. The van der Waals surface area contributed by atoms with Gasteiger partial charge >= 0.3 is 0 Å². The van der Waals surface area contributed by atoms with Crippen molar-refractivity contribution in [2.45, 2.75) is 38.9 Å². The summed E-state index contributed by atoms with van der Waals surface area (Å²) in [4.78, 5) is 11.2. The number of hydrogen-bond donors (Lipinski definition) is 0. The Morgan fingerprint density at radius 1 is 1.25 bits per heavy atom. The Bertz CT molecular complexity index is 463. The third kappa shape index (κ3) is 4.08. The lowest BCUT2D eigenvalue weighted by Gasteiger charge is -2.36. The molecule has 0 fully saturated rings. The number of carbonyl (C=O) groups excluding carboxylic acids is 1. The third-order valence-electron chi connectivity index (χ3n) is 3.63. The van der Waals surface area contributed by atoms with Gasteiger partial charge in [0, 0.05) is 13.2 Å². The van der Waals surface area contributed by atoms with Crippen LogP contribution in [0.5, 0.6) is 11.5 Å². The first kappa shape index (κ1) is 16.7. The van der Waals surface area contributed by atoms with Gasteiger partial charge in [0.25, 0.3) is 8.32 Å². The Hall–Kier alpha value is -1.33. The van der Waals surface area contributed by atoms with Crippen LogP contribution in [0, 0.1) is 0 Å². The molecule has 4 nitrogen and oxygen atoms in total. The minimum absolute atomic E-state index is 0.0660. The van der Waals surface area contributed by atoms with Crippen LogP contribution < -0.4 is 9.16 Å². The van der Waals surface area contributed by atoms with E-state index in [0.717, 1.165) is 6.29 Å². The fourth-order valence-corrected chi connectivity index (χ4v) is 2.38. The smallest absolute Gasteiger partial charge is 0.250 e. The van der Waals surface area contributed by atoms with Crippen LogP contribution in [0.3, 0.4) is 0 Å². The Balaban J connectivity index is 3.05. The molecule has 0 heterocycles. The summed E-state index contributed by atoms with van der Waals surface area (Å²) in [7, 11) is -0.431. The molecule has 0 saturated heterocycles. The predicted molar refractivity (Wildman–Crippen MR) is 82.2 cm³/mol. The van der Waals surface area contributed by atoms with Gasteiger partial charge in [-0.3, -0.25) is 4.79 Å². The molecule has 0 N–H and O–H groups in total. The van der Waals surface area contributed by atoms with Crippen LogP contribution in [-0.4, -0.2) is 28.5 Å². The van der Waals surface area contributed by atoms with Crippen LogP contribution in [-0.2, 0) is 4.74 Å². The van der Waals surface area contributed by atoms with E-state index in [1.807, 2.05) is 0 Å². The maximum absolute atomic E-state index is 11.2. The maximum atomic E-state index is 11.2. The molecule has 0 aliphatic rings. The van der Waals surface area contributed by atoms with E-state index < -0.39 is 8.32 Å². The Morgan fingerprint density at radius 2 is 1.90 bits per heavy atom. The number of aldehydes is 1. The molecule has 20 heavy (non-hydrogen) atoms. The average Bonchev–Trinajstić information content (AvgIpc) is 2.34. The van der Waals surface area contributed by atoms with Crippen LogP contribution in [0.15, 0.2) is 18.2 Å². The Kier molecular flexibility index (Phi) is 5.36. The lowest BCUT2D eigenvalue weighted by molar-refractivity contribution is 0.0510. The van der Waals surface area contributed by atoms with E-state index >= 15 is 0 Å². The van der Waals surface area contributed by atoms with Gasteiger partial charge in [-0.1, -0.05) is 20.8 Å². The molecule has 0 atom stereocenters. The molecule has 0 aliphatic heterocycles. The summed E-state index contributed by atoms with van der Waals surface area (Å²) < 4.78 is 16.5. The first-order valence-corrected chi connectivity index (χ1v) is 9.52.